The van der Waals surface area contributed by atoms with Crippen molar-refractivity contribution < 1.29 is 0 Å². The molecule has 2 aromatic rings. The molecule has 0 fully saturated rings. The van der Waals surface area contributed by atoms with Gasteiger partial charge in [0.25, 0.3) is 0 Å². The van der Waals surface area contributed by atoms with Crippen LogP contribution in [0.4, 0.5) is 0 Å². The SMILES string of the molecule is C=CC(=C(C)C)c1ccc2c(n1)n(C)c(=O)n2CC(C)(C)C. The van der Waals surface area contributed by atoms with Crippen molar-refractivity contribution in [1.29, 1.82) is 0 Å². The summed E-state index contributed by atoms with van der Waals surface area (Å²) in [5.41, 5.74) is 4.62. The van der Waals surface area contributed by atoms with Gasteiger partial charge >= 0.3 is 5.69 Å². The maximum absolute atomic E-state index is 12.5. The van der Waals surface area contributed by atoms with Gasteiger partial charge < -0.3 is 0 Å². The molecule has 0 saturated heterocycles. The van der Waals surface area contributed by atoms with Crippen LogP contribution in [0.5, 0.6) is 0 Å². The highest BCUT2D eigenvalue weighted by atomic mass is 16.1. The van der Waals surface area contributed by atoms with Crippen LogP contribution in [0.15, 0.2) is 35.2 Å². The molecule has 22 heavy (non-hydrogen) atoms. The minimum absolute atomic E-state index is 0.0214. The van der Waals surface area contributed by atoms with Crippen LogP contribution < -0.4 is 5.69 Å². The number of hydrogen-bond acceptors (Lipinski definition) is 2. The first-order valence-corrected chi connectivity index (χ1v) is 7.52. The Morgan fingerprint density at radius 2 is 1.95 bits per heavy atom. The number of rotatable bonds is 3. The molecule has 0 N–H and O–H groups in total. The largest absolute Gasteiger partial charge is 0.330 e. The zero-order chi connectivity index (χ0) is 16.7. The summed E-state index contributed by atoms with van der Waals surface area (Å²) < 4.78 is 3.43. The summed E-state index contributed by atoms with van der Waals surface area (Å²) in [5.74, 6) is 0. The standard InChI is InChI=1S/C18H25N3O/c1-8-13(12(2)3)14-9-10-15-16(19-14)20(7)17(22)21(15)11-18(4,5)6/h8-10H,1,11H2,2-7H3. The van der Waals surface area contributed by atoms with E-state index in [0.717, 1.165) is 22.4 Å². The summed E-state index contributed by atoms with van der Waals surface area (Å²) in [7, 11) is 1.77. The Hall–Kier alpha value is -2.10. The lowest BCUT2D eigenvalue weighted by atomic mass is 9.97. The van der Waals surface area contributed by atoms with E-state index in [1.807, 2.05) is 36.6 Å². The molecule has 0 amide bonds. The topological polar surface area (TPSA) is 39.8 Å². The summed E-state index contributed by atoms with van der Waals surface area (Å²) in [5, 5.41) is 0. The number of imidazole rings is 1. The number of allylic oxidation sites excluding steroid dienone is 3. The normalized spacial score (nSPS) is 11.7. The fourth-order valence-electron chi connectivity index (χ4n) is 2.62. The van der Waals surface area contributed by atoms with E-state index < -0.39 is 0 Å². The second-order valence-electron chi connectivity index (χ2n) is 7.15. The zero-order valence-corrected chi connectivity index (χ0v) is 14.4. The molecule has 2 heterocycles. The molecule has 0 spiro atoms. The van der Waals surface area contributed by atoms with Crippen LogP contribution in [0.1, 0.15) is 40.3 Å². The van der Waals surface area contributed by atoms with Gasteiger partial charge in [0.15, 0.2) is 5.65 Å². The molecule has 0 saturated carbocycles. The van der Waals surface area contributed by atoms with Crippen LogP contribution in [0.2, 0.25) is 0 Å². The summed E-state index contributed by atoms with van der Waals surface area (Å²) in [6, 6.07) is 3.95. The lowest BCUT2D eigenvalue weighted by Gasteiger charge is -2.18. The Morgan fingerprint density at radius 3 is 2.45 bits per heavy atom. The number of aromatic nitrogens is 3. The van der Waals surface area contributed by atoms with E-state index in [4.69, 9.17) is 4.98 Å². The van der Waals surface area contributed by atoms with Crippen LogP contribution in [-0.2, 0) is 13.6 Å². The molecule has 0 bridgehead atoms. The van der Waals surface area contributed by atoms with E-state index in [-0.39, 0.29) is 11.1 Å². The maximum Gasteiger partial charge on any atom is 0.330 e. The second-order valence-corrected chi connectivity index (χ2v) is 7.15. The smallest absolute Gasteiger partial charge is 0.290 e. The lowest BCUT2D eigenvalue weighted by molar-refractivity contribution is 0.342. The molecule has 0 aliphatic carbocycles. The summed E-state index contributed by atoms with van der Waals surface area (Å²) in [6.45, 7) is 15.0. The van der Waals surface area contributed by atoms with Gasteiger partial charge in [-0.1, -0.05) is 39.0 Å². The van der Waals surface area contributed by atoms with Crippen LogP contribution in [0.25, 0.3) is 16.7 Å². The fourth-order valence-corrected chi connectivity index (χ4v) is 2.62. The molecule has 2 rings (SSSR count). The molecule has 4 heteroatoms. The highest BCUT2D eigenvalue weighted by molar-refractivity contribution is 5.79. The number of fused-ring (bicyclic) bond motifs is 1. The molecule has 0 aromatic carbocycles. The molecule has 4 nitrogen and oxygen atoms in total. The number of pyridine rings is 1. The van der Waals surface area contributed by atoms with Gasteiger partial charge in [-0.3, -0.25) is 9.13 Å². The van der Waals surface area contributed by atoms with Gasteiger partial charge in [-0.25, -0.2) is 9.78 Å². The summed E-state index contributed by atoms with van der Waals surface area (Å²) in [6.07, 6.45) is 1.81. The minimum atomic E-state index is -0.0214. The molecule has 118 valence electrons. The van der Waals surface area contributed by atoms with Gasteiger partial charge in [0.05, 0.1) is 11.2 Å². The average molecular weight is 299 g/mol. The van der Waals surface area contributed by atoms with Gasteiger partial charge in [0.2, 0.25) is 0 Å². The minimum Gasteiger partial charge on any atom is -0.290 e. The van der Waals surface area contributed by atoms with E-state index in [0.29, 0.717) is 12.2 Å². The van der Waals surface area contributed by atoms with Gasteiger partial charge in [-0.05, 0) is 37.0 Å². The van der Waals surface area contributed by atoms with Crippen molar-refractivity contribution in [1.82, 2.24) is 14.1 Å². The van der Waals surface area contributed by atoms with Crippen molar-refractivity contribution in [2.75, 3.05) is 0 Å². The Bertz CT molecular complexity index is 809. The fraction of sp³-hybridized carbons (Fsp3) is 0.444. The van der Waals surface area contributed by atoms with E-state index in [9.17, 15) is 4.79 Å². The van der Waals surface area contributed by atoms with Crippen molar-refractivity contribution >= 4 is 16.7 Å². The zero-order valence-electron chi connectivity index (χ0n) is 14.4. The van der Waals surface area contributed by atoms with Crippen LogP contribution in [0.3, 0.4) is 0 Å². The van der Waals surface area contributed by atoms with Crippen molar-refractivity contribution in [2.24, 2.45) is 12.5 Å². The van der Waals surface area contributed by atoms with E-state index in [1.54, 1.807) is 11.6 Å². The Morgan fingerprint density at radius 1 is 1.32 bits per heavy atom. The van der Waals surface area contributed by atoms with Crippen LogP contribution in [-0.4, -0.2) is 14.1 Å². The molecular formula is C18H25N3O. The maximum atomic E-state index is 12.5. The Labute approximate surface area is 131 Å². The predicted octanol–water partition coefficient (Wildman–Crippen LogP) is 3.76. The van der Waals surface area contributed by atoms with Crippen LogP contribution >= 0.6 is 0 Å². The first kappa shape index (κ1) is 16.3. The lowest BCUT2D eigenvalue weighted by Crippen LogP contribution is -2.27. The molecule has 2 aromatic heterocycles. The Balaban J connectivity index is 2.71. The summed E-state index contributed by atoms with van der Waals surface area (Å²) >= 11 is 0. The van der Waals surface area contributed by atoms with Crippen molar-refractivity contribution in [2.45, 2.75) is 41.2 Å². The van der Waals surface area contributed by atoms with Crippen molar-refractivity contribution in [3.8, 4) is 0 Å². The molecule has 0 unspecified atom stereocenters. The van der Waals surface area contributed by atoms with Crippen molar-refractivity contribution in [3.05, 3.63) is 46.5 Å². The van der Waals surface area contributed by atoms with E-state index >= 15 is 0 Å². The highest BCUT2D eigenvalue weighted by Crippen LogP contribution is 2.23. The van der Waals surface area contributed by atoms with E-state index in [1.165, 1.54) is 0 Å². The quantitative estimate of drug-likeness (QED) is 0.810. The Kier molecular flexibility index (Phi) is 4.14. The van der Waals surface area contributed by atoms with Gasteiger partial charge in [0, 0.05) is 13.6 Å². The third-order valence-corrected chi connectivity index (χ3v) is 3.63. The third-order valence-electron chi connectivity index (χ3n) is 3.63. The molecule has 0 aliphatic rings. The van der Waals surface area contributed by atoms with Crippen molar-refractivity contribution in [3.63, 3.8) is 0 Å². The third kappa shape index (κ3) is 2.91. The number of aryl methyl sites for hydroxylation is 1. The summed E-state index contributed by atoms with van der Waals surface area (Å²) in [4.78, 5) is 17.2. The van der Waals surface area contributed by atoms with Gasteiger partial charge in [0.1, 0.15) is 0 Å². The first-order valence-electron chi connectivity index (χ1n) is 7.52. The molecule has 0 radical (unpaired) electrons. The predicted molar refractivity (Wildman–Crippen MR) is 92.9 cm³/mol. The highest BCUT2D eigenvalue weighted by Gasteiger charge is 2.18. The van der Waals surface area contributed by atoms with Crippen LogP contribution in [0, 0.1) is 5.41 Å². The van der Waals surface area contributed by atoms with E-state index in [2.05, 4.69) is 27.4 Å². The molecule has 0 atom stereocenters. The second kappa shape index (κ2) is 5.59. The molecular weight excluding hydrogens is 274 g/mol. The van der Waals surface area contributed by atoms with Gasteiger partial charge in [-0.15, -0.1) is 0 Å². The average Bonchev–Trinajstić information content (AvgIpc) is 2.63. The number of hydrogen-bond donors (Lipinski definition) is 0. The van der Waals surface area contributed by atoms with Gasteiger partial charge in [-0.2, -0.15) is 0 Å². The monoisotopic (exact) mass is 299 g/mol. The first-order chi connectivity index (χ1) is 10.2. The number of nitrogens with zero attached hydrogens (tertiary/aromatic N) is 3. The molecule has 0 aliphatic heterocycles.